The van der Waals surface area contributed by atoms with Gasteiger partial charge in [-0.1, -0.05) is 12.1 Å². The molecule has 1 saturated heterocycles. The van der Waals surface area contributed by atoms with Crippen molar-refractivity contribution < 1.29 is 9.59 Å². The minimum atomic E-state index is -0.334. The lowest BCUT2D eigenvalue weighted by Crippen LogP contribution is -2.39. The molecule has 1 N–H and O–H groups in total. The van der Waals surface area contributed by atoms with Crippen LogP contribution in [0.25, 0.3) is 10.9 Å². The lowest BCUT2D eigenvalue weighted by atomic mass is 9.93. The summed E-state index contributed by atoms with van der Waals surface area (Å²) in [4.78, 5) is 23.2. The molecule has 0 unspecified atom stereocenters. The van der Waals surface area contributed by atoms with Crippen LogP contribution in [0.5, 0.6) is 0 Å². The number of halogens is 1. The quantitative estimate of drug-likeness (QED) is 0.615. The third kappa shape index (κ3) is 2.03. The number of rotatable bonds is 1. The Balaban J connectivity index is 2.13. The number of fused-ring (bicyclic) bond motifs is 1. The van der Waals surface area contributed by atoms with Gasteiger partial charge >= 0.3 is 0 Å². The fraction of sp³-hybridized carbons (Fsp3) is 0.308. The number of amides is 2. The van der Waals surface area contributed by atoms with E-state index < -0.39 is 0 Å². The van der Waals surface area contributed by atoms with Gasteiger partial charge in [-0.15, -0.1) is 0 Å². The Bertz CT molecular complexity index is 692. The van der Waals surface area contributed by atoms with Gasteiger partial charge in [0.15, 0.2) is 0 Å². The molecular weight excluding hydrogens is 357 g/mol. The molecule has 19 heavy (non-hydrogen) atoms. The van der Waals surface area contributed by atoms with Crippen molar-refractivity contribution in [1.29, 1.82) is 0 Å². The number of carbonyl (C=O) groups excluding carboxylic acids is 2. The van der Waals surface area contributed by atoms with Gasteiger partial charge in [0.1, 0.15) is 0 Å². The van der Waals surface area contributed by atoms with Crippen LogP contribution < -0.4 is 5.32 Å². The molecule has 2 heterocycles. The highest BCUT2D eigenvalue weighted by molar-refractivity contribution is 14.1. The average molecular weight is 369 g/mol. The molecule has 0 aliphatic carbocycles. The van der Waals surface area contributed by atoms with Crippen LogP contribution in [0.15, 0.2) is 18.2 Å². The molecule has 1 aromatic heterocycles. The molecule has 2 amide bonds. The fourth-order valence-corrected chi connectivity index (χ4v) is 3.38. The van der Waals surface area contributed by atoms with Gasteiger partial charge in [-0.3, -0.25) is 19.6 Å². The third-order valence-electron chi connectivity index (χ3n) is 3.41. The Hall–Kier alpha value is -1.44. The first-order valence-electron chi connectivity index (χ1n) is 6.02. The summed E-state index contributed by atoms with van der Waals surface area (Å²) >= 11 is 2.26. The first-order valence-corrected chi connectivity index (χ1v) is 7.10. The largest absolute Gasteiger partial charge is 0.296 e. The molecule has 0 saturated carbocycles. The van der Waals surface area contributed by atoms with Gasteiger partial charge in [-0.25, -0.2) is 0 Å². The Kier molecular flexibility index (Phi) is 3.04. The van der Waals surface area contributed by atoms with Crippen molar-refractivity contribution >= 4 is 45.3 Å². The van der Waals surface area contributed by atoms with Crippen LogP contribution >= 0.6 is 22.6 Å². The molecule has 3 rings (SSSR count). The summed E-state index contributed by atoms with van der Waals surface area (Å²) in [5.41, 5.74) is 1.80. The Morgan fingerprint density at radius 1 is 1.42 bits per heavy atom. The van der Waals surface area contributed by atoms with Crippen LogP contribution in [0.3, 0.4) is 0 Å². The molecule has 5 nitrogen and oxygen atoms in total. The van der Waals surface area contributed by atoms with E-state index >= 15 is 0 Å². The van der Waals surface area contributed by atoms with Crippen LogP contribution in [0.4, 0.5) is 0 Å². The average Bonchev–Trinajstić information content (AvgIpc) is 2.68. The molecule has 6 heteroatoms. The molecule has 2 aromatic rings. The molecule has 0 bridgehead atoms. The topological polar surface area (TPSA) is 64.0 Å². The van der Waals surface area contributed by atoms with E-state index in [4.69, 9.17) is 0 Å². The lowest BCUT2D eigenvalue weighted by molar-refractivity contribution is -0.134. The number of hydrogen-bond acceptors (Lipinski definition) is 3. The third-order valence-corrected chi connectivity index (χ3v) is 4.28. The van der Waals surface area contributed by atoms with E-state index in [0.717, 1.165) is 20.2 Å². The van der Waals surface area contributed by atoms with E-state index in [-0.39, 0.29) is 17.7 Å². The van der Waals surface area contributed by atoms with Gasteiger partial charge in [0.05, 0.1) is 17.1 Å². The summed E-state index contributed by atoms with van der Waals surface area (Å²) in [6, 6.07) is 5.95. The zero-order valence-corrected chi connectivity index (χ0v) is 12.5. The van der Waals surface area contributed by atoms with Gasteiger partial charge < -0.3 is 0 Å². The van der Waals surface area contributed by atoms with Gasteiger partial charge in [-0.2, -0.15) is 5.10 Å². The molecular formula is C13H12IN3O2. The van der Waals surface area contributed by atoms with Crippen LogP contribution in [-0.2, 0) is 16.6 Å². The zero-order valence-electron chi connectivity index (χ0n) is 10.3. The van der Waals surface area contributed by atoms with E-state index in [9.17, 15) is 9.59 Å². The summed E-state index contributed by atoms with van der Waals surface area (Å²) in [6.07, 6.45) is 0.903. The molecule has 1 aliphatic rings. The Morgan fingerprint density at radius 3 is 2.95 bits per heavy atom. The normalized spacial score (nSPS) is 19.8. The first-order chi connectivity index (χ1) is 9.08. The minimum Gasteiger partial charge on any atom is -0.296 e. The van der Waals surface area contributed by atoms with Crippen molar-refractivity contribution in [2.24, 2.45) is 7.05 Å². The van der Waals surface area contributed by atoms with Gasteiger partial charge in [0, 0.05) is 22.4 Å². The second-order valence-corrected chi connectivity index (χ2v) is 5.81. The van der Waals surface area contributed by atoms with E-state index in [1.165, 1.54) is 0 Å². The van der Waals surface area contributed by atoms with Crippen LogP contribution in [0, 0.1) is 3.57 Å². The summed E-state index contributed by atoms with van der Waals surface area (Å²) in [5, 5.41) is 7.87. The number of para-hydroxylation sites is 1. The van der Waals surface area contributed by atoms with Crippen molar-refractivity contribution in [3.63, 3.8) is 0 Å². The standard InChI is InChI=1S/C13H12IN3O2/c1-17-12-7(3-2-4-9(12)14)11(16-17)8-5-6-10(18)15-13(8)19/h2-4,8H,5-6H2,1H3,(H,15,18,19)/t8-/m1/s1. The number of benzene rings is 1. The number of aromatic nitrogens is 2. The van der Waals surface area contributed by atoms with Gasteiger partial charge in [-0.05, 0) is 35.1 Å². The number of piperidine rings is 1. The SMILES string of the molecule is Cn1nc([C@H]2CCC(=O)NC2=O)c2cccc(I)c21. The van der Waals surface area contributed by atoms with Crippen LogP contribution in [-0.4, -0.2) is 21.6 Å². The van der Waals surface area contributed by atoms with Crippen molar-refractivity contribution in [3.05, 3.63) is 27.5 Å². The molecule has 98 valence electrons. The van der Waals surface area contributed by atoms with E-state index in [1.54, 1.807) is 4.68 Å². The zero-order chi connectivity index (χ0) is 13.6. The lowest BCUT2D eigenvalue weighted by Gasteiger charge is -2.19. The highest BCUT2D eigenvalue weighted by atomic mass is 127. The smallest absolute Gasteiger partial charge is 0.235 e. The molecule has 0 spiro atoms. The molecule has 1 aromatic carbocycles. The van der Waals surface area contributed by atoms with Crippen LogP contribution in [0.2, 0.25) is 0 Å². The number of imide groups is 1. The highest BCUT2D eigenvalue weighted by Gasteiger charge is 2.31. The van der Waals surface area contributed by atoms with Crippen LogP contribution in [0.1, 0.15) is 24.5 Å². The molecule has 0 radical (unpaired) electrons. The van der Waals surface area contributed by atoms with Crippen molar-refractivity contribution in [2.75, 3.05) is 0 Å². The van der Waals surface area contributed by atoms with Crippen molar-refractivity contribution in [2.45, 2.75) is 18.8 Å². The Labute approximate surface area is 123 Å². The predicted octanol–water partition coefficient (Wildman–Crippen LogP) is 1.70. The van der Waals surface area contributed by atoms with Gasteiger partial charge in [0.25, 0.3) is 0 Å². The maximum atomic E-state index is 12.0. The maximum absolute atomic E-state index is 12.0. The van der Waals surface area contributed by atoms with Crippen molar-refractivity contribution in [1.82, 2.24) is 15.1 Å². The number of hydrogen-bond donors (Lipinski definition) is 1. The monoisotopic (exact) mass is 369 g/mol. The number of nitrogens with one attached hydrogen (secondary N) is 1. The second-order valence-electron chi connectivity index (χ2n) is 4.65. The maximum Gasteiger partial charge on any atom is 0.235 e. The molecule has 1 aliphatic heterocycles. The minimum absolute atomic E-state index is 0.198. The van der Waals surface area contributed by atoms with Gasteiger partial charge in [0.2, 0.25) is 11.8 Å². The van der Waals surface area contributed by atoms with E-state index in [1.807, 2.05) is 25.2 Å². The van der Waals surface area contributed by atoms with Crippen molar-refractivity contribution in [3.8, 4) is 0 Å². The second kappa shape index (κ2) is 4.59. The fourth-order valence-electron chi connectivity index (χ4n) is 2.53. The molecule has 1 fully saturated rings. The number of nitrogens with zero attached hydrogens (tertiary/aromatic N) is 2. The first kappa shape index (κ1) is 12.6. The summed E-state index contributed by atoms with van der Waals surface area (Å²) in [6.45, 7) is 0. The number of carbonyl (C=O) groups is 2. The summed E-state index contributed by atoms with van der Waals surface area (Å²) < 4.78 is 2.90. The summed E-state index contributed by atoms with van der Waals surface area (Å²) in [5.74, 6) is -0.772. The molecule has 1 atom stereocenters. The van der Waals surface area contributed by atoms with E-state index in [2.05, 4.69) is 33.0 Å². The number of aryl methyl sites for hydroxylation is 1. The predicted molar refractivity (Wildman–Crippen MR) is 78.6 cm³/mol. The summed E-state index contributed by atoms with van der Waals surface area (Å²) in [7, 11) is 1.87. The highest BCUT2D eigenvalue weighted by Crippen LogP contribution is 2.31. The Morgan fingerprint density at radius 2 is 2.21 bits per heavy atom. The van der Waals surface area contributed by atoms with E-state index in [0.29, 0.717) is 12.8 Å².